The molecule has 0 aromatic carbocycles. The molecule has 0 amide bonds. The van der Waals surface area contributed by atoms with Crippen LogP contribution >= 0.6 is 0 Å². The lowest BCUT2D eigenvalue weighted by molar-refractivity contribution is 0.107. The molecule has 0 aromatic heterocycles. The van der Waals surface area contributed by atoms with Crippen molar-refractivity contribution in [3.8, 4) is 0 Å². The zero-order valence-electron chi connectivity index (χ0n) is 10.5. The predicted octanol–water partition coefficient (Wildman–Crippen LogP) is -0.166. The van der Waals surface area contributed by atoms with Crippen LogP contribution in [0, 0.1) is 0 Å². The molecule has 2 N–H and O–H groups in total. The molecule has 1 saturated heterocycles. The van der Waals surface area contributed by atoms with Crippen LogP contribution in [0.3, 0.4) is 0 Å². The van der Waals surface area contributed by atoms with Gasteiger partial charge in [-0.1, -0.05) is 0 Å². The van der Waals surface area contributed by atoms with Gasteiger partial charge in [0.1, 0.15) is 0 Å². The molecule has 1 heterocycles. The third-order valence-corrected chi connectivity index (χ3v) is 5.30. The van der Waals surface area contributed by atoms with E-state index in [1.807, 2.05) is 0 Å². The predicted molar refractivity (Wildman–Crippen MR) is 68.2 cm³/mol. The maximum atomic E-state index is 11.4. The van der Waals surface area contributed by atoms with Crippen LogP contribution in [0.5, 0.6) is 0 Å². The van der Waals surface area contributed by atoms with Gasteiger partial charge in [0.05, 0.1) is 6.26 Å². The van der Waals surface area contributed by atoms with Crippen molar-refractivity contribution in [3.05, 3.63) is 0 Å². The van der Waals surface area contributed by atoms with E-state index in [0.717, 1.165) is 25.9 Å². The van der Waals surface area contributed by atoms with E-state index in [0.29, 0.717) is 25.2 Å². The number of nitrogens with zero attached hydrogens (tertiary/aromatic N) is 2. The summed E-state index contributed by atoms with van der Waals surface area (Å²) in [5.41, 5.74) is 5.90. The Hall–Kier alpha value is -0.170. The van der Waals surface area contributed by atoms with E-state index >= 15 is 0 Å². The Morgan fingerprint density at radius 2 is 1.53 bits per heavy atom. The van der Waals surface area contributed by atoms with E-state index in [1.54, 1.807) is 4.31 Å². The number of piperazine rings is 1. The first-order valence-electron chi connectivity index (χ1n) is 6.41. The maximum absolute atomic E-state index is 11.4. The molecule has 5 nitrogen and oxygen atoms in total. The fourth-order valence-corrected chi connectivity index (χ4v) is 3.69. The Balaban J connectivity index is 1.83. The van der Waals surface area contributed by atoms with Crippen LogP contribution in [-0.4, -0.2) is 62.1 Å². The fourth-order valence-electron chi connectivity index (χ4n) is 2.87. The van der Waals surface area contributed by atoms with Crippen molar-refractivity contribution >= 4 is 10.0 Å². The van der Waals surface area contributed by atoms with Gasteiger partial charge in [0, 0.05) is 38.3 Å². The minimum absolute atomic E-state index is 0.378. The molecule has 2 rings (SSSR count). The summed E-state index contributed by atoms with van der Waals surface area (Å²) in [5.74, 6) is 0. The Kier molecular flexibility index (Phi) is 4.07. The second-order valence-electron chi connectivity index (χ2n) is 5.27. The summed E-state index contributed by atoms with van der Waals surface area (Å²) in [5, 5.41) is 0. The van der Waals surface area contributed by atoms with Crippen molar-refractivity contribution in [2.45, 2.75) is 37.8 Å². The van der Waals surface area contributed by atoms with Crippen molar-refractivity contribution in [2.24, 2.45) is 5.73 Å². The van der Waals surface area contributed by atoms with Gasteiger partial charge < -0.3 is 5.73 Å². The summed E-state index contributed by atoms with van der Waals surface area (Å²) < 4.78 is 24.4. The Labute approximate surface area is 104 Å². The normalized spacial score (nSPS) is 33.8. The molecule has 2 aliphatic rings. The van der Waals surface area contributed by atoms with E-state index in [2.05, 4.69) is 4.90 Å². The second-order valence-corrected chi connectivity index (χ2v) is 7.25. The average Bonchev–Trinajstić information content (AvgIpc) is 2.29. The largest absolute Gasteiger partial charge is 0.328 e. The Morgan fingerprint density at radius 1 is 1.00 bits per heavy atom. The topological polar surface area (TPSA) is 66.6 Å². The SMILES string of the molecule is CS(=O)(=O)N1CCN(C2CCC(N)CC2)CC1. The average molecular weight is 261 g/mol. The lowest BCUT2D eigenvalue weighted by atomic mass is 9.90. The van der Waals surface area contributed by atoms with Gasteiger partial charge in [-0.2, -0.15) is 4.31 Å². The van der Waals surface area contributed by atoms with Gasteiger partial charge in [-0.15, -0.1) is 0 Å². The molecule has 6 heteroatoms. The molecule has 1 aliphatic carbocycles. The first-order valence-corrected chi connectivity index (χ1v) is 8.26. The van der Waals surface area contributed by atoms with Crippen molar-refractivity contribution in [1.29, 1.82) is 0 Å². The van der Waals surface area contributed by atoms with Gasteiger partial charge in [0.25, 0.3) is 0 Å². The summed E-state index contributed by atoms with van der Waals surface area (Å²) in [6.45, 7) is 3.02. The van der Waals surface area contributed by atoms with Crippen molar-refractivity contribution in [1.82, 2.24) is 9.21 Å². The van der Waals surface area contributed by atoms with Crippen LogP contribution in [-0.2, 0) is 10.0 Å². The number of rotatable bonds is 2. The number of hydrogen-bond acceptors (Lipinski definition) is 4. The minimum atomic E-state index is -3.00. The molecule has 2 fully saturated rings. The Bertz CT molecular complexity index is 342. The van der Waals surface area contributed by atoms with Gasteiger partial charge in [-0.25, -0.2) is 8.42 Å². The summed E-state index contributed by atoms with van der Waals surface area (Å²) in [6, 6.07) is 1.00. The molecule has 0 bridgehead atoms. The zero-order chi connectivity index (χ0) is 12.5. The van der Waals surface area contributed by atoms with Crippen LogP contribution in [0.25, 0.3) is 0 Å². The molecule has 0 spiro atoms. The molecule has 0 aromatic rings. The molecule has 100 valence electrons. The lowest BCUT2D eigenvalue weighted by Gasteiger charge is -2.40. The van der Waals surface area contributed by atoms with Crippen molar-refractivity contribution in [2.75, 3.05) is 32.4 Å². The third kappa shape index (κ3) is 3.40. The molecule has 17 heavy (non-hydrogen) atoms. The quantitative estimate of drug-likeness (QED) is 0.750. The third-order valence-electron chi connectivity index (χ3n) is 4.00. The summed E-state index contributed by atoms with van der Waals surface area (Å²) >= 11 is 0. The van der Waals surface area contributed by atoms with Crippen LogP contribution in [0.1, 0.15) is 25.7 Å². The summed E-state index contributed by atoms with van der Waals surface area (Å²) in [6.07, 6.45) is 5.84. The number of nitrogens with two attached hydrogens (primary N) is 1. The van der Waals surface area contributed by atoms with Gasteiger partial charge >= 0.3 is 0 Å². The highest BCUT2D eigenvalue weighted by Crippen LogP contribution is 2.23. The molecular weight excluding hydrogens is 238 g/mol. The van der Waals surface area contributed by atoms with Crippen molar-refractivity contribution < 1.29 is 8.42 Å². The second kappa shape index (κ2) is 5.22. The Morgan fingerprint density at radius 3 is 2.00 bits per heavy atom. The van der Waals surface area contributed by atoms with Gasteiger partial charge in [-0.3, -0.25) is 4.90 Å². The van der Waals surface area contributed by atoms with Gasteiger partial charge in [0.2, 0.25) is 10.0 Å². The molecule has 1 saturated carbocycles. The van der Waals surface area contributed by atoms with Gasteiger partial charge in [0.15, 0.2) is 0 Å². The van der Waals surface area contributed by atoms with E-state index < -0.39 is 10.0 Å². The fraction of sp³-hybridized carbons (Fsp3) is 1.00. The van der Waals surface area contributed by atoms with E-state index in [9.17, 15) is 8.42 Å². The molecule has 0 radical (unpaired) electrons. The number of hydrogen-bond donors (Lipinski definition) is 1. The monoisotopic (exact) mass is 261 g/mol. The van der Waals surface area contributed by atoms with Crippen molar-refractivity contribution in [3.63, 3.8) is 0 Å². The van der Waals surface area contributed by atoms with E-state index in [1.165, 1.54) is 19.1 Å². The molecule has 0 atom stereocenters. The van der Waals surface area contributed by atoms with E-state index in [-0.39, 0.29) is 0 Å². The van der Waals surface area contributed by atoms with Crippen LogP contribution in [0.2, 0.25) is 0 Å². The highest BCUT2D eigenvalue weighted by molar-refractivity contribution is 7.88. The first-order chi connectivity index (χ1) is 7.97. The molecule has 1 aliphatic heterocycles. The molecular formula is C11H23N3O2S. The molecule has 0 unspecified atom stereocenters. The van der Waals surface area contributed by atoms with Crippen LogP contribution < -0.4 is 5.73 Å². The van der Waals surface area contributed by atoms with Crippen LogP contribution in [0.4, 0.5) is 0 Å². The minimum Gasteiger partial charge on any atom is -0.328 e. The summed E-state index contributed by atoms with van der Waals surface area (Å²) in [4.78, 5) is 2.44. The highest BCUT2D eigenvalue weighted by Gasteiger charge is 2.29. The lowest BCUT2D eigenvalue weighted by Crippen LogP contribution is -2.52. The first kappa shape index (κ1) is 13.3. The van der Waals surface area contributed by atoms with E-state index in [4.69, 9.17) is 5.73 Å². The maximum Gasteiger partial charge on any atom is 0.211 e. The highest BCUT2D eigenvalue weighted by atomic mass is 32.2. The summed E-state index contributed by atoms with van der Waals surface area (Å²) in [7, 11) is -3.00. The number of sulfonamides is 1. The standard InChI is InChI=1S/C11H23N3O2S/c1-17(15,16)14-8-6-13(7-9-14)11-4-2-10(12)3-5-11/h10-11H,2-9,12H2,1H3. The van der Waals surface area contributed by atoms with Crippen LogP contribution in [0.15, 0.2) is 0 Å². The smallest absolute Gasteiger partial charge is 0.211 e. The van der Waals surface area contributed by atoms with Gasteiger partial charge in [-0.05, 0) is 25.7 Å². The zero-order valence-corrected chi connectivity index (χ0v) is 11.3.